The first-order chi connectivity index (χ1) is 12.8. The topological polar surface area (TPSA) is 84.5 Å². The van der Waals surface area contributed by atoms with Crippen LogP contribution in [0.25, 0.3) is 0 Å². The van der Waals surface area contributed by atoms with Gasteiger partial charge >= 0.3 is 0 Å². The van der Waals surface area contributed by atoms with Crippen molar-refractivity contribution in [2.24, 2.45) is 0 Å². The summed E-state index contributed by atoms with van der Waals surface area (Å²) in [6.07, 6.45) is 2.47. The summed E-state index contributed by atoms with van der Waals surface area (Å²) in [5.41, 5.74) is 2.56. The van der Waals surface area contributed by atoms with Crippen molar-refractivity contribution in [2.45, 2.75) is 25.8 Å². The maximum Gasteiger partial charge on any atom is 0.251 e. The van der Waals surface area contributed by atoms with Gasteiger partial charge in [0.25, 0.3) is 5.91 Å². The maximum absolute atomic E-state index is 12.5. The fourth-order valence-electron chi connectivity index (χ4n) is 2.70. The fraction of sp³-hybridized carbons (Fsp3) is 0.350. The number of sulfonamides is 1. The predicted octanol–water partition coefficient (Wildman–Crippen LogP) is 2.67. The number of ether oxygens (including phenoxy) is 1. The lowest BCUT2D eigenvalue weighted by molar-refractivity contribution is 0.0935. The molecule has 0 bridgehead atoms. The molecular weight excluding hydrogens is 364 g/mol. The Bertz CT molecular complexity index is 847. The number of hydrogen-bond acceptors (Lipinski definition) is 4. The van der Waals surface area contributed by atoms with Crippen LogP contribution in [0, 0.1) is 0 Å². The molecule has 0 spiro atoms. The average molecular weight is 391 g/mol. The molecule has 0 aromatic heterocycles. The molecule has 2 aromatic carbocycles. The van der Waals surface area contributed by atoms with E-state index >= 15 is 0 Å². The quantitative estimate of drug-likeness (QED) is 0.689. The predicted molar refractivity (Wildman–Crippen MR) is 106 cm³/mol. The third-order valence-corrected chi connectivity index (χ3v) is 4.95. The van der Waals surface area contributed by atoms with E-state index < -0.39 is 10.0 Å². The standard InChI is InChI=1S/C20H26N2O4S/c1-4-19(16-9-11-18(26-2)12-10-16)22-20(23)17-7-5-15(6-8-17)13-14-21-27(3,24)25/h5-12,19,21H,4,13-14H2,1-3H3,(H,22,23)/t19-/m0/s1. The first kappa shape index (κ1) is 20.9. The minimum Gasteiger partial charge on any atom is -0.497 e. The van der Waals surface area contributed by atoms with Gasteiger partial charge in [0.2, 0.25) is 10.0 Å². The fourth-order valence-corrected chi connectivity index (χ4v) is 3.18. The van der Waals surface area contributed by atoms with Gasteiger partial charge in [-0.15, -0.1) is 0 Å². The van der Waals surface area contributed by atoms with Crippen LogP contribution in [0.3, 0.4) is 0 Å². The highest BCUT2D eigenvalue weighted by Gasteiger charge is 2.14. The SMILES string of the molecule is CC[C@H](NC(=O)c1ccc(CCNS(C)(=O)=O)cc1)c1ccc(OC)cc1. The normalized spacial score (nSPS) is 12.4. The van der Waals surface area contributed by atoms with Gasteiger partial charge < -0.3 is 10.1 Å². The van der Waals surface area contributed by atoms with Crippen LogP contribution in [0.15, 0.2) is 48.5 Å². The number of rotatable bonds is 9. The average Bonchev–Trinajstić information content (AvgIpc) is 2.65. The van der Waals surface area contributed by atoms with Crippen molar-refractivity contribution in [1.29, 1.82) is 0 Å². The molecule has 146 valence electrons. The lowest BCUT2D eigenvalue weighted by Crippen LogP contribution is -2.28. The van der Waals surface area contributed by atoms with Gasteiger partial charge in [0, 0.05) is 12.1 Å². The van der Waals surface area contributed by atoms with Gasteiger partial charge in [-0.05, 0) is 48.2 Å². The second-order valence-electron chi connectivity index (χ2n) is 6.32. The molecule has 2 N–H and O–H groups in total. The zero-order valence-corrected chi connectivity index (χ0v) is 16.7. The molecule has 0 heterocycles. The number of amides is 1. The lowest BCUT2D eigenvalue weighted by Gasteiger charge is -2.18. The Hall–Kier alpha value is -2.38. The van der Waals surface area contributed by atoms with Crippen LogP contribution in [0.2, 0.25) is 0 Å². The number of carbonyl (C=O) groups is 1. The van der Waals surface area contributed by atoms with Gasteiger partial charge in [0.05, 0.1) is 19.4 Å². The molecule has 0 saturated heterocycles. The number of nitrogens with one attached hydrogen (secondary N) is 2. The Morgan fingerprint density at radius 3 is 2.22 bits per heavy atom. The Morgan fingerprint density at radius 2 is 1.70 bits per heavy atom. The molecule has 0 aliphatic carbocycles. The Labute approximate surface area is 161 Å². The molecule has 0 aliphatic heterocycles. The van der Waals surface area contributed by atoms with Crippen LogP contribution in [0.1, 0.15) is 40.9 Å². The summed E-state index contributed by atoms with van der Waals surface area (Å²) in [7, 11) is -1.57. The Kier molecular flexibility index (Phi) is 7.38. The van der Waals surface area contributed by atoms with Crippen molar-refractivity contribution < 1.29 is 17.9 Å². The summed E-state index contributed by atoms with van der Waals surface area (Å²) in [5.74, 6) is 0.638. The summed E-state index contributed by atoms with van der Waals surface area (Å²) in [4.78, 5) is 12.5. The van der Waals surface area contributed by atoms with Gasteiger partial charge in [0.15, 0.2) is 0 Å². The molecule has 0 radical (unpaired) electrons. The molecule has 1 amide bonds. The molecule has 7 heteroatoms. The molecule has 0 fully saturated rings. The molecule has 0 aliphatic rings. The number of benzene rings is 2. The monoisotopic (exact) mass is 390 g/mol. The molecule has 2 rings (SSSR count). The van der Waals surface area contributed by atoms with Crippen molar-refractivity contribution in [1.82, 2.24) is 10.0 Å². The third kappa shape index (κ3) is 6.69. The van der Waals surface area contributed by atoms with Crippen molar-refractivity contribution >= 4 is 15.9 Å². The molecule has 0 saturated carbocycles. The molecule has 27 heavy (non-hydrogen) atoms. The van der Waals surface area contributed by atoms with E-state index in [0.717, 1.165) is 29.6 Å². The van der Waals surface area contributed by atoms with Crippen LogP contribution >= 0.6 is 0 Å². The lowest BCUT2D eigenvalue weighted by atomic mass is 10.0. The first-order valence-corrected chi connectivity index (χ1v) is 10.7. The van der Waals surface area contributed by atoms with Crippen molar-refractivity contribution in [3.05, 3.63) is 65.2 Å². The highest BCUT2D eigenvalue weighted by molar-refractivity contribution is 7.88. The number of carbonyl (C=O) groups excluding carboxylic acids is 1. The molecule has 6 nitrogen and oxygen atoms in total. The second kappa shape index (κ2) is 9.53. The van der Waals surface area contributed by atoms with E-state index in [9.17, 15) is 13.2 Å². The molecule has 0 unspecified atom stereocenters. The zero-order chi connectivity index (χ0) is 19.9. The minimum absolute atomic E-state index is 0.0814. The van der Waals surface area contributed by atoms with Gasteiger partial charge in [-0.1, -0.05) is 31.2 Å². The highest BCUT2D eigenvalue weighted by atomic mass is 32.2. The van der Waals surface area contributed by atoms with Crippen molar-refractivity contribution in [2.75, 3.05) is 19.9 Å². The smallest absolute Gasteiger partial charge is 0.251 e. The second-order valence-corrected chi connectivity index (χ2v) is 8.15. The van der Waals surface area contributed by atoms with Gasteiger partial charge in [-0.2, -0.15) is 0 Å². The van der Waals surface area contributed by atoms with Crippen LogP contribution in [0.5, 0.6) is 5.75 Å². The maximum atomic E-state index is 12.5. The first-order valence-electron chi connectivity index (χ1n) is 8.80. The number of hydrogen-bond donors (Lipinski definition) is 2. The summed E-state index contributed by atoms with van der Waals surface area (Å²) < 4.78 is 29.8. The van der Waals surface area contributed by atoms with Crippen molar-refractivity contribution in [3.8, 4) is 5.75 Å². The molecular formula is C20H26N2O4S. The Morgan fingerprint density at radius 1 is 1.07 bits per heavy atom. The van der Waals surface area contributed by atoms with Gasteiger partial charge in [-0.3, -0.25) is 4.79 Å². The van der Waals surface area contributed by atoms with E-state index in [1.54, 1.807) is 19.2 Å². The van der Waals surface area contributed by atoms with Crippen LogP contribution in [0.4, 0.5) is 0 Å². The van der Waals surface area contributed by atoms with E-state index in [0.29, 0.717) is 18.5 Å². The van der Waals surface area contributed by atoms with E-state index in [1.165, 1.54) is 0 Å². The number of methoxy groups -OCH3 is 1. The van der Waals surface area contributed by atoms with Gasteiger partial charge in [-0.25, -0.2) is 13.1 Å². The van der Waals surface area contributed by atoms with E-state index in [-0.39, 0.29) is 11.9 Å². The third-order valence-electron chi connectivity index (χ3n) is 4.23. The summed E-state index contributed by atoms with van der Waals surface area (Å²) >= 11 is 0. The van der Waals surface area contributed by atoms with E-state index in [1.807, 2.05) is 43.3 Å². The zero-order valence-electron chi connectivity index (χ0n) is 15.9. The highest BCUT2D eigenvalue weighted by Crippen LogP contribution is 2.20. The molecule has 2 aromatic rings. The molecule has 1 atom stereocenters. The van der Waals surface area contributed by atoms with Crippen LogP contribution < -0.4 is 14.8 Å². The van der Waals surface area contributed by atoms with Crippen LogP contribution in [-0.2, 0) is 16.4 Å². The largest absolute Gasteiger partial charge is 0.497 e. The van der Waals surface area contributed by atoms with Crippen LogP contribution in [-0.4, -0.2) is 34.2 Å². The van der Waals surface area contributed by atoms with E-state index in [2.05, 4.69) is 10.0 Å². The van der Waals surface area contributed by atoms with Gasteiger partial charge in [0.1, 0.15) is 5.75 Å². The van der Waals surface area contributed by atoms with E-state index in [4.69, 9.17) is 4.74 Å². The summed E-state index contributed by atoms with van der Waals surface area (Å²) in [6.45, 7) is 2.35. The summed E-state index contributed by atoms with van der Waals surface area (Å²) in [6, 6.07) is 14.8. The Balaban J connectivity index is 1.97. The van der Waals surface area contributed by atoms with Crippen molar-refractivity contribution in [3.63, 3.8) is 0 Å². The summed E-state index contributed by atoms with van der Waals surface area (Å²) in [5, 5.41) is 3.05. The minimum atomic E-state index is -3.19.